The summed E-state index contributed by atoms with van der Waals surface area (Å²) in [6, 6.07) is 5.50. The number of carbonyl (C=O) groups excluding carboxylic acids is 1. The van der Waals surface area contributed by atoms with Crippen molar-refractivity contribution in [2.45, 2.75) is 38.6 Å². The van der Waals surface area contributed by atoms with Crippen molar-refractivity contribution in [2.24, 2.45) is 0 Å². The molecule has 0 fully saturated rings. The molecular weight excluding hydrogens is 472 g/mol. The summed E-state index contributed by atoms with van der Waals surface area (Å²) in [7, 11) is 3.19. The van der Waals surface area contributed by atoms with Gasteiger partial charge in [0.2, 0.25) is 5.91 Å². The molecule has 0 atom stereocenters. The third-order valence-corrected chi connectivity index (χ3v) is 7.91. The van der Waals surface area contributed by atoms with E-state index < -0.39 is 0 Å². The third-order valence-electron chi connectivity index (χ3n) is 5.96. The molecule has 0 aliphatic heterocycles. The van der Waals surface area contributed by atoms with Crippen molar-refractivity contribution >= 4 is 43.9 Å². The molecule has 0 unspecified atom stereocenters. The van der Waals surface area contributed by atoms with E-state index in [1.54, 1.807) is 42.5 Å². The van der Waals surface area contributed by atoms with Gasteiger partial charge in [-0.05, 0) is 43.4 Å². The average molecular weight is 497 g/mol. The summed E-state index contributed by atoms with van der Waals surface area (Å²) in [5.74, 6) is 1.12. The number of amides is 1. The zero-order valence-electron chi connectivity index (χ0n) is 18.9. The highest BCUT2D eigenvalue weighted by molar-refractivity contribution is 7.18. The Kier molecular flexibility index (Phi) is 6.34. The Morgan fingerprint density at radius 2 is 2.06 bits per heavy atom. The Morgan fingerprint density at radius 1 is 1.21 bits per heavy atom. The Labute approximate surface area is 204 Å². The molecule has 1 N–H and O–H groups in total. The van der Waals surface area contributed by atoms with E-state index in [-0.39, 0.29) is 24.4 Å². The highest BCUT2D eigenvalue weighted by atomic mass is 32.1. The number of hydrogen-bond donors (Lipinski definition) is 1. The number of hydrogen-bond acceptors (Lipinski definition) is 8. The number of ether oxygens (including phenoxy) is 2. The van der Waals surface area contributed by atoms with E-state index in [0.717, 1.165) is 47.0 Å². The number of thiazole rings is 1. The van der Waals surface area contributed by atoms with Crippen LogP contribution in [0.4, 0.5) is 5.13 Å². The Morgan fingerprint density at radius 3 is 2.88 bits per heavy atom. The number of nitrogens with zero attached hydrogens (tertiary/aromatic N) is 3. The minimum absolute atomic E-state index is 0.0552. The second kappa shape index (κ2) is 9.55. The van der Waals surface area contributed by atoms with Crippen LogP contribution in [0.3, 0.4) is 0 Å². The number of aromatic nitrogens is 3. The van der Waals surface area contributed by atoms with Crippen LogP contribution < -0.4 is 20.3 Å². The van der Waals surface area contributed by atoms with E-state index in [2.05, 4.69) is 15.3 Å². The molecular formula is C24H24N4O4S2. The van der Waals surface area contributed by atoms with Gasteiger partial charge in [-0.25, -0.2) is 9.97 Å². The number of aryl methyl sites for hydroxylation is 3. The molecule has 34 heavy (non-hydrogen) atoms. The van der Waals surface area contributed by atoms with Crippen LogP contribution in [0.2, 0.25) is 0 Å². The molecule has 0 saturated carbocycles. The molecule has 8 nitrogen and oxygen atoms in total. The van der Waals surface area contributed by atoms with Gasteiger partial charge < -0.3 is 14.8 Å². The molecule has 10 heteroatoms. The van der Waals surface area contributed by atoms with Gasteiger partial charge >= 0.3 is 0 Å². The fourth-order valence-corrected chi connectivity index (χ4v) is 6.16. The van der Waals surface area contributed by atoms with Gasteiger partial charge in [0.05, 0.1) is 31.6 Å². The predicted octanol–water partition coefficient (Wildman–Crippen LogP) is 4.51. The molecule has 3 aromatic heterocycles. The van der Waals surface area contributed by atoms with E-state index in [1.165, 1.54) is 16.2 Å². The van der Waals surface area contributed by atoms with Gasteiger partial charge in [0.1, 0.15) is 16.3 Å². The summed E-state index contributed by atoms with van der Waals surface area (Å²) < 4.78 is 12.2. The number of benzene rings is 1. The molecule has 0 spiro atoms. The quantitative estimate of drug-likeness (QED) is 0.405. The number of thiophene rings is 1. The molecule has 5 rings (SSSR count). The van der Waals surface area contributed by atoms with Crippen LogP contribution in [-0.2, 0) is 24.2 Å². The maximum Gasteiger partial charge on any atom is 0.262 e. The number of anilines is 1. The number of fused-ring (bicyclic) bond motifs is 3. The molecule has 1 aromatic carbocycles. The van der Waals surface area contributed by atoms with Crippen molar-refractivity contribution < 1.29 is 14.3 Å². The smallest absolute Gasteiger partial charge is 0.262 e. The molecule has 176 valence electrons. The largest absolute Gasteiger partial charge is 0.497 e. The molecule has 0 radical (unpaired) electrons. The van der Waals surface area contributed by atoms with Gasteiger partial charge in [0.15, 0.2) is 5.13 Å². The summed E-state index contributed by atoms with van der Waals surface area (Å²) >= 11 is 2.96. The lowest BCUT2D eigenvalue weighted by Crippen LogP contribution is -2.24. The summed E-state index contributed by atoms with van der Waals surface area (Å²) in [4.78, 5) is 36.8. The topological polar surface area (TPSA) is 95.3 Å². The first-order chi connectivity index (χ1) is 16.6. The lowest BCUT2D eigenvalue weighted by atomic mass is 9.97. The van der Waals surface area contributed by atoms with Crippen LogP contribution in [-0.4, -0.2) is 34.7 Å². The van der Waals surface area contributed by atoms with Crippen molar-refractivity contribution in [3.8, 4) is 22.8 Å². The second-order valence-electron chi connectivity index (χ2n) is 8.04. The fraction of sp³-hybridized carbons (Fsp3) is 0.333. The van der Waals surface area contributed by atoms with Gasteiger partial charge in [-0.1, -0.05) is 0 Å². The predicted molar refractivity (Wildman–Crippen MR) is 134 cm³/mol. The summed E-state index contributed by atoms with van der Waals surface area (Å²) in [5.41, 5.74) is 2.62. The number of nitrogens with one attached hydrogen (secondary N) is 1. The van der Waals surface area contributed by atoms with E-state index in [4.69, 9.17) is 9.47 Å². The lowest BCUT2D eigenvalue weighted by molar-refractivity contribution is -0.116. The van der Waals surface area contributed by atoms with Crippen molar-refractivity contribution in [3.63, 3.8) is 0 Å². The van der Waals surface area contributed by atoms with Gasteiger partial charge in [0, 0.05) is 34.9 Å². The molecule has 3 heterocycles. The average Bonchev–Trinajstić information content (AvgIpc) is 3.47. The summed E-state index contributed by atoms with van der Waals surface area (Å²) in [6.07, 6.45) is 5.93. The van der Waals surface area contributed by atoms with Crippen molar-refractivity contribution in [1.82, 2.24) is 14.5 Å². The molecule has 0 bridgehead atoms. The van der Waals surface area contributed by atoms with E-state index >= 15 is 0 Å². The van der Waals surface area contributed by atoms with Crippen molar-refractivity contribution in [1.29, 1.82) is 0 Å². The first-order valence-corrected chi connectivity index (χ1v) is 12.7. The van der Waals surface area contributed by atoms with Crippen molar-refractivity contribution in [2.75, 3.05) is 19.5 Å². The Hall–Kier alpha value is -3.24. The van der Waals surface area contributed by atoms with Crippen LogP contribution in [0.5, 0.6) is 11.5 Å². The van der Waals surface area contributed by atoms with Crippen molar-refractivity contribution in [3.05, 3.63) is 50.7 Å². The van der Waals surface area contributed by atoms with Crippen LogP contribution in [0.25, 0.3) is 21.5 Å². The highest BCUT2D eigenvalue weighted by Gasteiger charge is 2.20. The summed E-state index contributed by atoms with van der Waals surface area (Å²) in [6.45, 7) is 0.267. The van der Waals surface area contributed by atoms with Gasteiger partial charge in [-0.15, -0.1) is 22.7 Å². The molecule has 1 aliphatic rings. The zero-order chi connectivity index (χ0) is 23.7. The van der Waals surface area contributed by atoms with Crippen LogP contribution in [0.1, 0.15) is 29.7 Å². The van der Waals surface area contributed by atoms with Gasteiger partial charge in [-0.3, -0.25) is 14.2 Å². The number of methoxy groups -OCH3 is 2. The maximum atomic E-state index is 13.1. The molecule has 0 saturated heterocycles. The van der Waals surface area contributed by atoms with Crippen LogP contribution in [0, 0.1) is 0 Å². The molecule has 4 aromatic rings. The van der Waals surface area contributed by atoms with E-state index in [9.17, 15) is 9.59 Å². The van der Waals surface area contributed by atoms with Crippen LogP contribution >= 0.6 is 22.7 Å². The van der Waals surface area contributed by atoms with E-state index in [1.807, 2.05) is 17.5 Å². The fourth-order valence-electron chi connectivity index (χ4n) is 4.21. The standard InChI is InChI=1S/C24H24N4O4S2/c1-31-14-7-8-15(18(11-14)32-2)17-12-33-24(26-17)27-20(29)9-10-28-13-25-22-21(23(28)30)16-5-3-4-6-19(16)34-22/h7-8,11-13H,3-6,9-10H2,1-2H3,(H,26,27,29). The molecule has 1 amide bonds. The third kappa shape index (κ3) is 4.30. The van der Waals surface area contributed by atoms with Gasteiger partial charge in [-0.2, -0.15) is 0 Å². The first kappa shape index (κ1) is 22.5. The lowest BCUT2D eigenvalue weighted by Gasteiger charge is -2.10. The van der Waals surface area contributed by atoms with Crippen LogP contribution in [0.15, 0.2) is 34.7 Å². The minimum atomic E-state index is -0.207. The second-order valence-corrected chi connectivity index (χ2v) is 9.98. The zero-order valence-corrected chi connectivity index (χ0v) is 20.6. The molecule has 1 aliphatic carbocycles. The number of carbonyl (C=O) groups is 1. The number of rotatable bonds is 7. The Bertz CT molecular complexity index is 1420. The SMILES string of the molecule is COc1ccc(-c2csc(NC(=O)CCn3cnc4sc5c(c4c3=O)CCCC5)n2)c(OC)c1. The van der Waals surface area contributed by atoms with Gasteiger partial charge in [0.25, 0.3) is 5.56 Å². The first-order valence-electron chi connectivity index (χ1n) is 11.0. The summed E-state index contributed by atoms with van der Waals surface area (Å²) in [5, 5.41) is 5.92. The van der Waals surface area contributed by atoms with E-state index in [0.29, 0.717) is 22.3 Å². The maximum absolute atomic E-state index is 13.1. The minimum Gasteiger partial charge on any atom is -0.497 e. The normalized spacial score (nSPS) is 13.0. The Balaban J connectivity index is 1.27. The highest BCUT2D eigenvalue weighted by Crippen LogP contribution is 2.35. The monoisotopic (exact) mass is 496 g/mol.